The minimum absolute atomic E-state index is 0.0831. The fraction of sp³-hybridized carbons (Fsp3) is 0.280. The van der Waals surface area contributed by atoms with Crippen LogP contribution in [0.3, 0.4) is 0 Å². The Balaban J connectivity index is 1.24. The van der Waals surface area contributed by atoms with E-state index in [0.29, 0.717) is 45.1 Å². The number of piperazine rings is 1. The zero-order chi connectivity index (χ0) is 23.5. The highest BCUT2D eigenvalue weighted by Gasteiger charge is 2.28. The van der Waals surface area contributed by atoms with Gasteiger partial charge in [0.25, 0.3) is 0 Å². The molecule has 0 aliphatic carbocycles. The predicted molar refractivity (Wildman–Crippen MR) is 130 cm³/mol. The molecule has 0 spiro atoms. The molecule has 34 heavy (non-hydrogen) atoms. The van der Waals surface area contributed by atoms with Crippen molar-refractivity contribution >= 4 is 32.1 Å². The lowest BCUT2D eigenvalue weighted by Gasteiger charge is -2.33. The number of nitrogens with zero attached hydrogens (tertiary/aromatic N) is 4. The average molecular weight is 479 g/mol. The standard InChI is InChI=1S/C25H26N4O4S/c30-16-15-28-11-13-29(14-12-28)34(31,32)21-8-5-19(6-9-21)18-33-20-7-10-24-25(17-20)27-23-4-2-1-3-22(23)26-24/h1-10,17,30H,11-16,18H2. The lowest BCUT2D eigenvalue weighted by Crippen LogP contribution is -2.49. The summed E-state index contributed by atoms with van der Waals surface area (Å²) in [5.41, 5.74) is 4.12. The monoisotopic (exact) mass is 478 g/mol. The first kappa shape index (κ1) is 22.7. The van der Waals surface area contributed by atoms with Crippen molar-refractivity contribution in [1.29, 1.82) is 0 Å². The lowest BCUT2D eigenvalue weighted by atomic mass is 10.2. The van der Waals surface area contributed by atoms with Crippen molar-refractivity contribution in [2.45, 2.75) is 11.5 Å². The van der Waals surface area contributed by atoms with Crippen LogP contribution >= 0.6 is 0 Å². The Hall–Kier alpha value is -3.11. The Morgan fingerprint density at radius 3 is 2.15 bits per heavy atom. The van der Waals surface area contributed by atoms with Gasteiger partial charge in [-0.05, 0) is 42.0 Å². The summed E-state index contributed by atoms with van der Waals surface area (Å²) in [6.07, 6.45) is 0. The third-order valence-corrected chi connectivity index (χ3v) is 7.94. The second kappa shape index (κ2) is 9.63. The van der Waals surface area contributed by atoms with Crippen molar-refractivity contribution in [2.24, 2.45) is 0 Å². The molecule has 1 aromatic heterocycles. The van der Waals surface area contributed by atoms with Crippen molar-refractivity contribution < 1.29 is 18.3 Å². The summed E-state index contributed by atoms with van der Waals surface area (Å²) < 4.78 is 33.4. The Bertz CT molecular complexity index is 1400. The van der Waals surface area contributed by atoms with E-state index in [2.05, 4.69) is 14.9 Å². The molecule has 9 heteroatoms. The maximum Gasteiger partial charge on any atom is 0.243 e. The summed E-state index contributed by atoms with van der Waals surface area (Å²) in [7, 11) is -3.54. The molecule has 176 valence electrons. The van der Waals surface area contributed by atoms with Crippen LogP contribution in [0.2, 0.25) is 0 Å². The Morgan fingerprint density at radius 1 is 0.824 bits per heavy atom. The quantitative estimate of drug-likeness (QED) is 0.408. The first-order valence-electron chi connectivity index (χ1n) is 11.2. The van der Waals surface area contributed by atoms with Gasteiger partial charge in [-0.1, -0.05) is 24.3 Å². The highest BCUT2D eigenvalue weighted by atomic mass is 32.2. The number of aromatic nitrogens is 2. The Labute approximate surface area is 198 Å². The zero-order valence-electron chi connectivity index (χ0n) is 18.7. The van der Waals surface area contributed by atoms with Crippen LogP contribution in [0.25, 0.3) is 22.1 Å². The predicted octanol–water partition coefficient (Wildman–Crippen LogP) is 2.66. The van der Waals surface area contributed by atoms with Gasteiger partial charge in [0.2, 0.25) is 10.0 Å². The molecule has 8 nitrogen and oxygen atoms in total. The first-order valence-corrected chi connectivity index (χ1v) is 12.7. The van der Waals surface area contributed by atoms with E-state index in [9.17, 15) is 8.42 Å². The highest BCUT2D eigenvalue weighted by Crippen LogP contribution is 2.23. The molecule has 5 rings (SSSR count). The number of aliphatic hydroxyl groups excluding tert-OH is 1. The van der Waals surface area contributed by atoms with Gasteiger partial charge in [0, 0.05) is 38.8 Å². The normalized spacial score (nSPS) is 15.7. The van der Waals surface area contributed by atoms with Crippen LogP contribution in [0.1, 0.15) is 5.56 Å². The van der Waals surface area contributed by atoms with Crippen LogP contribution in [0.4, 0.5) is 0 Å². The maximum absolute atomic E-state index is 13.0. The van der Waals surface area contributed by atoms with Crippen molar-refractivity contribution in [2.75, 3.05) is 39.3 Å². The van der Waals surface area contributed by atoms with Crippen molar-refractivity contribution in [3.05, 3.63) is 72.3 Å². The third-order valence-electron chi connectivity index (χ3n) is 6.02. The molecule has 4 aromatic rings. The molecule has 1 aliphatic heterocycles. The van der Waals surface area contributed by atoms with Crippen LogP contribution in [0.15, 0.2) is 71.6 Å². The Kier molecular flexibility index (Phi) is 6.42. The number of fused-ring (bicyclic) bond motifs is 2. The number of benzene rings is 3. The molecule has 1 aliphatic rings. The summed E-state index contributed by atoms with van der Waals surface area (Å²) >= 11 is 0. The molecule has 2 heterocycles. The van der Waals surface area contributed by atoms with Crippen molar-refractivity contribution in [3.63, 3.8) is 0 Å². The highest BCUT2D eigenvalue weighted by molar-refractivity contribution is 7.89. The van der Waals surface area contributed by atoms with Crippen LogP contribution in [0.5, 0.6) is 5.75 Å². The van der Waals surface area contributed by atoms with E-state index in [4.69, 9.17) is 9.84 Å². The minimum Gasteiger partial charge on any atom is -0.489 e. The van der Waals surface area contributed by atoms with Crippen LogP contribution in [-0.4, -0.2) is 72.0 Å². The molecule has 1 N–H and O–H groups in total. The molecule has 0 unspecified atom stereocenters. The van der Waals surface area contributed by atoms with Gasteiger partial charge in [0.15, 0.2) is 0 Å². The van der Waals surface area contributed by atoms with E-state index < -0.39 is 10.0 Å². The van der Waals surface area contributed by atoms with Gasteiger partial charge in [0.05, 0.1) is 33.6 Å². The summed E-state index contributed by atoms with van der Waals surface area (Å²) in [6.45, 7) is 3.06. The van der Waals surface area contributed by atoms with Gasteiger partial charge < -0.3 is 9.84 Å². The number of hydrogen-bond acceptors (Lipinski definition) is 7. The van der Waals surface area contributed by atoms with Gasteiger partial charge >= 0.3 is 0 Å². The molecule has 0 bridgehead atoms. The summed E-state index contributed by atoms with van der Waals surface area (Å²) in [6, 6.07) is 20.2. The van der Waals surface area contributed by atoms with Crippen molar-refractivity contribution in [3.8, 4) is 5.75 Å². The molecular weight excluding hydrogens is 452 g/mol. The van der Waals surface area contributed by atoms with Crippen molar-refractivity contribution in [1.82, 2.24) is 19.2 Å². The van der Waals surface area contributed by atoms with E-state index in [1.54, 1.807) is 24.3 Å². The zero-order valence-corrected chi connectivity index (χ0v) is 19.5. The summed E-state index contributed by atoms with van der Waals surface area (Å²) in [5.74, 6) is 0.675. The summed E-state index contributed by atoms with van der Waals surface area (Å²) in [5, 5.41) is 9.06. The smallest absolute Gasteiger partial charge is 0.243 e. The number of ether oxygens (including phenoxy) is 1. The number of rotatable bonds is 7. The Morgan fingerprint density at radius 2 is 1.47 bits per heavy atom. The maximum atomic E-state index is 13.0. The second-order valence-electron chi connectivity index (χ2n) is 8.26. The molecule has 0 amide bonds. The van der Waals surface area contributed by atoms with E-state index in [0.717, 1.165) is 27.6 Å². The number of sulfonamides is 1. The number of β-amino-alcohol motifs (C(OH)–C–C–N with tert-alkyl or cyclic N) is 1. The SMILES string of the molecule is O=S(=O)(c1ccc(COc2ccc3nc4ccccc4nc3c2)cc1)N1CCN(CCO)CC1. The fourth-order valence-electron chi connectivity index (χ4n) is 4.10. The minimum atomic E-state index is -3.54. The van der Waals surface area contributed by atoms with Crippen LogP contribution < -0.4 is 4.74 Å². The number of aliphatic hydroxyl groups is 1. The molecule has 1 fully saturated rings. The van der Waals surface area contributed by atoms with Crippen LogP contribution in [0, 0.1) is 0 Å². The molecule has 3 aromatic carbocycles. The van der Waals surface area contributed by atoms with E-state index in [-0.39, 0.29) is 11.5 Å². The van der Waals surface area contributed by atoms with Gasteiger partial charge in [-0.3, -0.25) is 4.90 Å². The van der Waals surface area contributed by atoms with E-state index in [1.807, 2.05) is 42.5 Å². The first-order chi connectivity index (χ1) is 16.5. The third kappa shape index (κ3) is 4.74. The van der Waals surface area contributed by atoms with Gasteiger partial charge in [-0.15, -0.1) is 0 Å². The molecule has 0 radical (unpaired) electrons. The van der Waals surface area contributed by atoms with Gasteiger partial charge in [0.1, 0.15) is 12.4 Å². The van der Waals surface area contributed by atoms with E-state index in [1.165, 1.54) is 4.31 Å². The molecule has 1 saturated heterocycles. The van der Waals surface area contributed by atoms with Gasteiger partial charge in [-0.25, -0.2) is 18.4 Å². The second-order valence-corrected chi connectivity index (χ2v) is 10.2. The molecule has 0 atom stereocenters. The van der Waals surface area contributed by atoms with Crippen LogP contribution in [-0.2, 0) is 16.6 Å². The summed E-state index contributed by atoms with van der Waals surface area (Å²) in [4.78, 5) is 11.6. The molecular formula is C25H26N4O4S. The fourth-order valence-corrected chi connectivity index (χ4v) is 5.52. The number of para-hydroxylation sites is 2. The molecule has 0 saturated carbocycles. The van der Waals surface area contributed by atoms with E-state index >= 15 is 0 Å². The lowest BCUT2D eigenvalue weighted by molar-refractivity contribution is 0.151. The number of hydrogen-bond donors (Lipinski definition) is 1. The largest absolute Gasteiger partial charge is 0.489 e. The topological polar surface area (TPSA) is 95.9 Å². The average Bonchev–Trinajstić information content (AvgIpc) is 2.87. The van der Waals surface area contributed by atoms with Gasteiger partial charge in [-0.2, -0.15) is 4.31 Å².